The van der Waals surface area contributed by atoms with Gasteiger partial charge in [-0.1, -0.05) is 29.3 Å². The fraction of sp³-hybridized carbons (Fsp3) is 0.333. The molecule has 1 aliphatic rings. The summed E-state index contributed by atoms with van der Waals surface area (Å²) in [6.07, 6.45) is 2.09. The Morgan fingerprint density at radius 1 is 1.15 bits per heavy atom. The first-order valence-corrected chi connectivity index (χ1v) is 4.62. The molecule has 1 nitrogen and oxygen atoms in total. The first kappa shape index (κ1) is 11.1. The fourth-order valence-corrected chi connectivity index (χ4v) is 1.53. The van der Waals surface area contributed by atoms with Crippen molar-refractivity contribution in [3.63, 3.8) is 0 Å². The van der Waals surface area contributed by atoms with Gasteiger partial charge < -0.3 is 5.73 Å². The number of hydrogen-bond acceptors (Lipinski definition) is 1. The van der Waals surface area contributed by atoms with Gasteiger partial charge in [-0.3, -0.25) is 0 Å². The second-order valence-corrected chi connectivity index (χ2v) is 4.10. The minimum atomic E-state index is -0.117. The predicted molar refractivity (Wildman–Crippen MR) is 58.8 cm³/mol. The minimum Gasteiger partial charge on any atom is -0.321 e. The van der Waals surface area contributed by atoms with Gasteiger partial charge >= 0.3 is 0 Å². The number of benzene rings is 1. The smallest absolute Gasteiger partial charge is 0.0595 e. The maximum atomic E-state index is 5.99. The third kappa shape index (κ3) is 2.10. The zero-order valence-electron chi connectivity index (χ0n) is 6.89. The van der Waals surface area contributed by atoms with E-state index in [0.717, 1.165) is 18.4 Å². The molecule has 0 saturated heterocycles. The summed E-state index contributed by atoms with van der Waals surface area (Å²) < 4.78 is 0. The molecule has 0 amide bonds. The summed E-state index contributed by atoms with van der Waals surface area (Å²) in [4.78, 5) is 0. The van der Waals surface area contributed by atoms with Crippen LogP contribution in [-0.2, 0) is 5.54 Å². The third-order valence-corrected chi connectivity index (χ3v) is 3.02. The average molecular weight is 239 g/mol. The van der Waals surface area contributed by atoms with Crippen LogP contribution >= 0.6 is 35.6 Å². The molecule has 13 heavy (non-hydrogen) atoms. The summed E-state index contributed by atoms with van der Waals surface area (Å²) in [7, 11) is 0. The molecular weight excluding hydrogens is 228 g/mol. The zero-order chi connectivity index (χ0) is 8.77. The lowest BCUT2D eigenvalue weighted by atomic mass is 10.1. The Labute approximate surface area is 93.6 Å². The zero-order valence-corrected chi connectivity index (χ0v) is 9.22. The molecule has 2 rings (SSSR count). The Kier molecular flexibility index (Phi) is 3.13. The highest BCUT2D eigenvalue weighted by molar-refractivity contribution is 6.42. The van der Waals surface area contributed by atoms with Gasteiger partial charge in [0.25, 0.3) is 0 Å². The minimum absolute atomic E-state index is 0. The molecule has 0 spiro atoms. The highest BCUT2D eigenvalue weighted by atomic mass is 35.5. The van der Waals surface area contributed by atoms with E-state index in [1.165, 1.54) is 0 Å². The molecular formula is C9H10Cl3N. The highest BCUT2D eigenvalue weighted by Crippen LogP contribution is 2.43. The largest absolute Gasteiger partial charge is 0.321 e. The number of halogens is 3. The summed E-state index contributed by atoms with van der Waals surface area (Å²) in [6.45, 7) is 0. The van der Waals surface area contributed by atoms with Crippen molar-refractivity contribution in [3.8, 4) is 0 Å². The van der Waals surface area contributed by atoms with Crippen LogP contribution in [0.3, 0.4) is 0 Å². The van der Waals surface area contributed by atoms with Gasteiger partial charge in [-0.25, -0.2) is 0 Å². The number of hydrogen-bond donors (Lipinski definition) is 1. The Morgan fingerprint density at radius 3 is 2.23 bits per heavy atom. The molecule has 0 unspecified atom stereocenters. The van der Waals surface area contributed by atoms with Gasteiger partial charge in [0.2, 0.25) is 0 Å². The standard InChI is InChI=1S/C9H9Cl2N.ClH/c10-7-2-1-6(5-8(7)11)9(12)3-4-9;/h1-2,5H,3-4,12H2;1H. The van der Waals surface area contributed by atoms with Crippen LogP contribution in [0, 0.1) is 0 Å². The third-order valence-electron chi connectivity index (χ3n) is 2.28. The van der Waals surface area contributed by atoms with Crippen LogP contribution in [0.1, 0.15) is 18.4 Å². The molecule has 1 saturated carbocycles. The molecule has 1 aromatic carbocycles. The van der Waals surface area contributed by atoms with Crippen molar-refractivity contribution >= 4 is 35.6 Å². The van der Waals surface area contributed by atoms with Crippen LogP contribution in [-0.4, -0.2) is 0 Å². The number of rotatable bonds is 1. The summed E-state index contributed by atoms with van der Waals surface area (Å²) in [5.41, 5.74) is 6.96. The highest BCUT2D eigenvalue weighted by Gasteiger charge is 2.40. The quantitative estimate of drug-likeness (QED) is 0.798. The van der Waals surface area contributed by atoms with Crippen molar-refractivity contribution in [1.29, 1.82) is 0 Å². The van der Waals surface area contributed by atoms with Crippen molar-refractivity contribution in [2.24, 2.45) is 5.73 Å². The maximum Gasteiger partial charge on any atom is 0.0595 e. The van der Waals surface area contributed by atoms with E-state index in [2.05, 4.69) is 0 Å². The van der Waals surface area contributed by atoms with Crippen molar-refractivity contribution in [2.45, 2.75) is 18.4 Å². The van der Waals surface area contributed by atoms with Gasteiger partial charge in [0.15, 0.2) is 0 Å². The molecule has 0 heterocycles. The molecule has 1 aromatic rings. The molecule has 72 valence electrons. The van der Waals surface area contributed by atoms with Gasteiger partial charge in [0.1, 0.15) is 0 Å². The van der Waals surface area contributed by atoms with Crippen molar-refractivity contribution < 1.29 is 0 Å². The van der Waals surface area contributed by atoms with Crippen LogP contribution in [0.2, 0.25) is 10.0 Å². The van der Waals surface area contributed by atoms with Gasteiger partial charge in [-0.05, 0) is 30.5 Å². The van der Waals surface area contributed by atoms with Crippen molar-refractivity contribution in [1.82, 2.24) is 0 Å². The van der Waals surface area contributed by atoms with Crippen LogP contribution in [0.5, 0.6) is 0 Å². The molecule has 1 aliphatic carbocycles. The van der Waals surface area contributed by atoms with E-state index in [1.54, 1.807) is 6.07 Å². The summed E-state index contributed by atoms with van der Waals surface area (Å²) in [6, 6.07) is 5.60. The Hall–Kier alpha value is 0.0500. The molecule has 0 aromatic heterocycles. The second-order valence-electron chi connectivity index (χ2n) is 3.29. The van der Waals surface area contributed by atoms with Crippen LogP contribution in [0.4, 0.5) is 0 Å². The molecule has 4 heteroatoms. The van der Waals surface area contributed by atoms with Crippen molar-refractivity contribution in [2.75, 3.05) is 0 Å². The average Bonchev–Trinajstić information content (AvgIpc) is 2.75. The second kappa shape index (κ2) is 3.66. The Bertz CT molecular complexity index is 321. The Morgan fingerprint density at radius 2 is 1.77 bits per heavy atom. The van der Waals surface area contributed by atoms with Crippen LogP contribution in [0.25, 0.3) is 0 Å². The molecule has 0 aliphatic heterocycles. The van der Waals surface area contributed by atoms with E-state index >= 15 is 0 Å². The lowest BCUT2D eigenvalue weighted by Gasteiger charge is -2.09. The first-order chi connectivity index (χ1) is 5.62. The van der Waals surface area contributed by atoms with Gasteiger partial charge in [0, 0.05) is 5.54 Å². The Balaban J connectivity index is 0.000000845. The van der Waals surface area contributed by atoms with E-state index in [-0.39, 0.29) is 17.9 Å². The van der Waals surface area contributed by atoms with Gasteiger partial charge in [-0.2, -0.15) is 0 Å². The van der Waals surface area contributed by atoms with E-state index < -0.39 is 0 Å². The lowest BCUT2D eigenvalue weighted by molar-refractivity contribution is 0.740. The topological polar surface area (TPSA) is 26.0 Å². The fourth-order valence-electron chi connectivity index (χ4n) is 1.23. The molecule has 2 N–H and O–H groups in total. The lowest BCUT2D eigenvalue weighted by Crippen LogP contribution is -2.18. The number of nitrogens with two attached hydrogens (primary N) is 1. The first-order valence-electron chi connectivity index (χ1n) is 3.86. The van der Waals surface area contributed by atoms with Crippen LogP contribution < -0.4 is 5.73 Å². The van der Waals surface area contributed by atoms with E-state index in [0.29, 0.717) is 10.0 Å². The summed E-state index contributed by atoms with van der Waals surface area (Å²) >= 11 is 11.6. The van der Waals surface area contributed by atoms with E-state index in [4.69, 9.17) is 28.9 Å². The molecule has 1 fully saturated rings. The summed E-state index contributed by atoms with van der Waals surface area (Å²) in [5.74, 6) is 0. The predicted octanol–water partition coefficient (Wildman–Crippen LogP) is 3.36. The monoisotopic (exact) mass is 237 g/mol. The summed E-state index contributed by atoms with van der Waals surface area (Å²) in [5, 5.41) is 1.18. The van der Waals surface area contributed by atoms with Crippen molar-refractivity contribution in [3.05, 3.63) is 33.8 Å². The van der Waals surface area contributed by atoms with Gasteiger partial charge in [-0.15, -0.1) is 12.4 Å². The molecule has 0 radical (unpaired) electrons. The van der Waals surface area contributed by atoms with E-state index in [1.807, 2.05) is 12.1 Å². The normalized spacial score (nSPS) is 17.8. The molecule has 0 bridgehead atoms. The maximum absolute atomic E-state index is 5.99. The van der Waals surface area contributed by atoms with Gasteiger partial charge in [0.05, 0.1) is 10.0 Å². The van der Waals surface area contributed by atoms with E-state index in [9.17, 15) is 0 Å². The van der Waals surface area contributed by atoms with Crippen LogP contribution in [0.15, 0.2) is 18.2 Å². The molecule has 0 atom stereocenters. The SMILES string of the molecule is Cl.NC1(c2ccc(Cl)c(Cl)c2)CC1.